The molecule has 94 valence electrons. The summed E-state index contributed by atoms with van der Waals surface area (Å²) in [4.78, 5) is 4.22. The monoisotopic (exact) mass is 263 g/mol. The van der Waals surface area contributed by atoms with E-state index in [9.17, 15) is 5.11 Å². The van der Waals surface area contributed by atoms with Crippen LogP contribution < -0.4 is 4.74 Å². The molecule has 0 aliphatic rings. The van der Waals surface area contributed by atoms with Gasteiger partial charge in [-0.2, -0.15) is 0 Å². The van der Waals surface area contributed by atoms with Gasteiger partial charge in [-0.05, 0) is 25.1 Å². The van der Waals surface area contributed by atoms with Crippen LogP contribution in [-0.2, 0) is 13.2 Å². The number of aliphatic hydroxyl groups is 1. The van der Waals surface area contributed by atoms with Crippen molar-refractivity contribution in [3.63, 3.8) is 0 Å². The van der Waals surface area contributed by atoms with E-state index < -0.39 is 0 Å². The molecular formula is C14H14ClNO2. The quantitative estimate of drug-likeness (QED) is 0.922. The van der Waals surface area contributed by atoms with Gasteiger partial charge in [-0.1, -0.05) is 29.8 Å². The van der Waals surface area contributed by atoms with Gasteiger partial charge in [-0.15, -0.1) is 0 Å². The molecule has 1 heterocycles. The number of aromatic nitrogens is 1. The molecular weight excluding hydrogens is 250 g/mol. The number of nitrogens with zero attached hydrogens (tertiary/aromatic N) is 1. The summed E-state index contributed by atoms with van der Waals surface area (Å²) in [5, 5.41) is 9.90. The molecule has 0 spiro atoms. The Hall–Kier alpha value is -1.58. The number of aryl methyl sites for hydroxylation is 1. The van der Waals surface area contributed by atoms with Crippen LogP contribution in [0.1, 0.15) is 17.0 Å². The Morgan fingerprint density at radius 2 is 2.00 bits per heavy atom. The van der Waals surface area contributed by atoms with Crippen LogP contribution >= 0.6 is 11.6 Å². The highest BCUT2D eigenvalue weighted by molar-refractivity contribution is 6.31. The Morgan fingerprint density at radius 1 is 1.22 bits per heavy atom. The van der Waals surface area contributed by atoms with Crippen molar-refractivity contribution in [2.24, 2.45) is 0 Å². The Kier molecular flexibility index (Phi) is 4.18. The molecule has 0 aliphatic heterocycles. The van der Waals surface area contributed by atoms with Crippen molar-refractivity contribution in [2.45, 2.75) is 20.1 Å². The predicted molar refractivity (Wildman–Crippen MR) is 70.7 cm³/mol. The molecule has 0 bridgehead atoms. The fourth-order valence-corrected chi connectivity index (χ4v) is 1.80. The third-order valence-corrected chi connectivity index (χ3v) is 2.93. The SMILES string of the molecule is Cc1ccc(OCc2ccccc2Cl)c(CO)n1. The van der Waals surface area contributed by atoms with Gasteiger partial charge in [-0.25, -0.2) is 0 Å². The number of rotatable bonds is 4. The molecule has 0 unspecified atom stereocenters. The summed E-state index contributed by atoms with van der Waals surface area (Å²) in [6.07, 6.45) is 0. The van der Waals surface area contributed by atoms with Crippen LogP contribution in [0.15, 0.2) is 36.4 Å². The van der Waals surface area contributed by atoms with Crippen molar-refractivity contribution in [3.8, 4) is 5.75 Å². The van der Waals surface area contributed by atoms with E-state index in [1.165, 1.54) is 0 Å². The maximum atomic E-state index is 9.23. The summed E-state index contributed by atoms with van der Waals surface area (Å²) < 4.78 is 5.64. The third-order valence-electron chi connectivity index (χ3n) is 2.56. The number of ether oxygens (including phenoxy) is 1. The molecule has 0 saturated carbocycles. The van der Waals surface area contributed by atoms with E-state index in [4.69, 9.17) is 16.3 Å². The van der Waals surface area contributed by atoms with Crippen molar-refractivity contribution in [2.75, 3.05) is 0 Å². The summed E-state index contributed by atoms with van der Waals surface area (Å²) in [6, 6.07) is 11.2. The minimum Gasteiger partial charge on any atom is -0.487 e. The molecule has 0 fully saturated rings. The maximum Gasteiger partial charge on any atom is 0.143 e. The maximum absolute atomic E-state index is 9.23. The molecule has 1 N–H and O–H groups in total. The number of aliphatic hydroxyl groups excluding tert-OH is 1. The van der Waals surface area contributed by atoms with Crippen LogP contribution in [0.3, 0.4) is 0 Å². The van der Waals surface area contributed by atoms with E-state index in [0.29, 0.717) is 23.1 Å². The van der Waals surface area contributed by atoms with Gasteiger partial charge in [-0.3, -0.25) is 4.98 Å². The standard InChI is InChI=1S/C14H14ClNO2/c1-10-6-7-14(13(8-17)16-10)18-9-11-4-2-3-5-12(11)15/h2-7,17H,8-9H2,1H3. The van der Waals surface area contributed by atoms with Crippen LogP contribution in [-0.4, -0.2) is 10.1 Å². The molecule has 18 heavy (non-hydrogen) atoms. The molecule has 0 radical (unpaired) electrons. The molecule has 1 aromatic carbocycles. The number of hydrogen-bond acceptors (Lipinski definition) is 3. The van der Waals surface area contributed by atoms with Crippen molar-refractivity contribution in [3.05, 3.63) is 58.4 Å². The Bertz CT molecular complexity index is 543. The zero-order valence-electron chi connectivity index (χ0n) is 10.1. The highest BCUT2D eigenvalue weighted by atomic mass is 35.5. The highest BCUT2D eigenvalue weighted by Crippen LogP contribution is 2.21. The zero-order chi connectivity index (χ0) is 13.0. The average molecular weight is 264 g/mol. The lowest BCUT2D eigenvalue weighted by Crippen LogP contribution is -2.01. The number of halogens is 1. The first kappa shape index (κ1) is 12.9. The van der Waals surface area contributed by atoms with Crippen molar-refractivity contribution in [1.82, 2.24) is 4.98 Å². The molecule has 4 heteroatoms. The van der Waals surface area contributed by atoms with Crippen LogP contribution in [0.4, 0.5) is 0 Å². The minimum atomic E-state index is -0.139. The number of benzene rings is 1. The average Bonchev–Trinajstić information content (AvgIpc) is 2.39. The largest absolute Gasteiger partial charge is 0.487 e. The van der Waals surface area contributed by atoms with E-state index in [2.05, 4.69) is 4.98 Å². The molecule has 1 aromatic heterocycles. The summed E-state index contributed by atoms with van der Waals surface area (Å²) >= 11 is 6.04. The lowest BCUT2D eigenvalue weighted by Gasteiger charge is -2.10. The lowest BCUT2D eigenvalue weighted by molar-refractivity contribution is 0.253. The second-order valence-corrected chi connectivity index (χ2v) is 4.34. The van der Waals surface area contributed by atoms with Crippen LogP contribution in [0.5, 0.6) is 5.75 Å². The lowest BCUT2D eigenvalue weighted by atomic mass is 10.2. The first-order valence-electron chi connectivity index (χ1n) is 5.64. The third kappa shape index (κ3) is 3.00. The van der Waals surface area contributed by atoms with E-state index in [1.807, 2.05) is 43.3 Å². The molecule has 0 amide bonds. The zero-order valence-corrected chi connectivity index (χ0v) is 10.8. The van der Waals surface area contributed by atoms with Gasteiger partial charge in [0.2, 0.25) is 0 Å². The molecule has 2 aromatic rings. The van der Waals surface area contributed by atoms with Gasteiger partial charge < -0.3 is 9.84 Å². The van der Waals surface area contributed by atoms with Crippen LogP contribution in [0.25, 0.3) is 0 Å². The summed E-state index contributed by atoms with van der Waals surface area (Å²) in [5.41, 5.74) is 2.30. The van der Waals surface area contributed by atoms with Gasteiger partial charge in [0.05, 0.1) is 6.61 Å². The topological polar surface area (TPSA) is 42.4 Å². The summed E-state index contributed by atoms with van der Waals surface area (Å²) in [5.74, 6) is 0.586. The van der Waals surface area contributed by atoms with Crippen molar-refractivity contribution >= 4 is 11.6 Å². The van der Waals surface area contributed by atoms with Gasteiger partial charge >= 0.3 is 0 Å². The van der Waals surface area contributed by atoms with E-state index in [1.54, 1.807) is 0 Å². The molecule has 0 atom stereocenters. The first-order chi connectivity index (χ1) is 8.70. The van der Waals surface area contributed by atoms with E-state index in [0.717, 1.165) is 11.3 Å². The van der Waals surface area contributed by atoms with Crippen molar-refractivity contribution in [1.29, 1.82) is 0 Å². The minimum absolute atomic E-state index is 0.139. The van der Waals surface area contributed by atoms with Gasteiger partial charge in [0.1, 0.15) is 18.1 Å². The Labute approximate surface area is 111 Å². The summed E-state index contributed by atoms with van der Waals surface area (Å²) in [7, 11) is 0. The smallest absolute Gasteiger partial charge is 0.143 e. The van der Waals surface area contributed by atoms with Crippen LogP contribution in [0.2, 0.25) is 5.02 Å². The number of pyridine rings is 1. The first-order valence-corrected chi connectivity index (χ1v) is 6.02. The molecule has 0 saturated heterocycles. The van der Waals surface area contributed by atoms with E-state index in [-0.39, 0.29) is 6.61 Å². The molecule has 2 rings (SSSR count). The number of hydrogen-bond donors (Lipinski definition) is 1. The second kappa shape index (κ2) is 5.85. The Morgan fingerprint density at radius 3 is 2.72 bits per heavy atom. The summed E-state index contributed by atoms with van der Waals surface area (Å²) in [6.45, 7) is 2.09. The second-order valence-electron chi connectivity index (χ2n) is 3.94. The van der Waals surface area contributed by atoms with Gasteiger partial charge in [0, 0.05) is 16.3 Å². The Balaban J connectivity index is 2.13. The fraction of sp³-hybridized carbons (Fsp3) is 0.214. The van der Waals surface area contributed by atoms with Gasteiger partial charge in [0.25, 0.3) is 0 Å². The predicted octanol–water partition coefficient (Wildman–Crippen LogP) is 3.11. The van der Waals surface area contributed by atoms with E-state index >= 15 is 0 Å². The van der Waals surface area contributed by atoms with Crippen molar-refractivity contribution < 1.29 is 9.84 Å². The normalized spacial score (nSPS) is 10.4. The van der Waals surface area contributed by atoms with Gasteiger partial charge in [0.15, 0.2) is 0 Å². The molecule has 3 nitrogen and oxygen atoms in total. The molecule has 0 aliphatic carbocycles. The fourth-order valence-electron chi connectivity index (χ4n) is 1.61. The highest BCUT2D eigenvalue weighted by Gasteiger charge is 2.06. The van der Waals surface area contributed by atoms with Crippen LogP contribution in [0, 0.1) is 6.92 Å².